The third-order valence-corrected chi connectivity index (χ3v) is 3.40. The van der Waals surface area contributed by atoms with Crippen LogP contribution in [-0.4, -0.2) is 30.1 Å². The quantitative estimate of drug-likeness (QED) is 0.764. The number of aryl methyl sites for hydroxylation is 1. The topological polar surface area (TPSA) is 36.3 Å². The summed E-state index contributed by atoms with van der Waals surface area (Å²) >= 11 is 0. The predicted octanol–water partition coefficient (Wildman–Crippen LogP) is 2.53. The van der Waals surface area contributed by atoms with Crippen molar-refractivity contribution in [3.63, 3.8) is 0 Å². The minimum atomic E-state index is 0.178. The summed E-state index contributed by atoms with van der Waals surface area (Å²) in [5.41, 5.74) is 2.57. The maximum absolute atomic E-state index is 8.84. The Morgan fingerprint density at radius 1 is 1.50 bits per heavy atom. The highest BCUT2D eigenvalue weighted by atomic mass is 16.5. The molecule has 96 valence electrons. The van der Waals surface area contributed by atoms with Crippen molar-refractivity contribution >= 4 is 0 Å². The third-order valence-electron chi connectivity index (χ3n) is 3.40. The van der Waals surface area contributed by atoms with Gasteiger partial charge in [0.25, 0.3) is 0 Å². The summed E-state index contributed by atoms with van der Waals surface area (Å²) in [4.78, 5) is 2.16. The van der Waals surface area contributed by atoms with Crippen molar-refractivity contribution in [2.45, 2.75) is 39.3 Å². The highest BCUT2D eigenvalue weighted by Gasteiger charge is 2.25. The first-order chi connectivity index (χ1) is 8.60. The Hall–Kier alpha value is -1.53. The van der Waals surface area contributed by atoms with Crippen molar-refractivity contribution in [1.29, 1.82) is 5.26 Å². The first-order valence-electron chi connectivity index (χ1n) is 6.47. The summed E-state index contributed by atoms with van der Waals surface area (Å²) < 4.78 is 5.94. The summed E-state index contributed by atoms with van der Waals surface area (Å²) in [6.07, 6.45) is 1.13. The van der Waals surface area contributed by atoms with E-state index in [1.165, 1.54) is 11.1 Å². The van der Waals surface area contributed by atoms with Crippen LogP contribution in [0.15, 0.2) is 18.2 Å². The molecule has 0 fully saturated rings. The van der Waals surface area contributed by atoms with Gasteiger partial charge in [0, 0.05) is 19.0 Å². The lowest BCUT2D eigenvalue weighted by Crippen LogP contribution is -2.39. The minimum Gasteiger partial charge on any atom is -0.488 e. The fraction of sp³-hybridized carbons (Fsp3) is 0.533. The molecule has 0 aliphatic carbocycles. The zero-order valence-electron chi connectivity index (χ0n) is 11.3. The van der Waals surface area contributed by atoms with E-state index in [9.17, 15) is 0 Å². The monoisotopic (exact) mass is 244 g/mol. The van der Waals surface area contributed by atoms with E-state index in [4.69, 9.17) is 10.00 Å². The molecule has 1 aromatic carbocycles. The van der Waals surface area contributed by atoms with Gasteiger partial charge in [-0.05, 0) is 32.4 Å². The Morgan fingerprint density at radius 2 is 2.28 bits per heavy atom. The fourth-order valence-corrected chi connectivity index (χ4v) is 2.36. The van der Waals surface area contributed by atoms with Crippen molar-refractivity contribution in [2.24, 2.45) is 0 Å². The summed E-state index contributed by atoms with van der Waals surface area (Å²) in [6.45, 7) is 7.61. The van der Waals surface area contributed by atoms with Crippen molar-refractivity contribution < 1.29 is 4.74 Å². The van der Waals surface area contributed by atoms with E-state index in [0.717, 1.165) is 18.7 Å². The van der Waals surface area contributed by atoms with Gasteiger partial charge in [-0.2, -0.15) is 5.26 Å². The second-order valence-corrected chi connectivity index (χ2v) is 5.24. The zero-order chi connectivity index (χ0) is 13.1. The van der Waals surface area contributed by atoms with Gasteiger partial charge < -0.3 is 4.74 Å². The molecule has 0 saturated heterocycles. The molecule has 1 aliphatic rings. The second kappa shape index (κ2) is 5.41. The van der Waals surface area contributed by atoms with E-state index < -0.39 is 0 Å². The molecule has 2 rings (SSSR count). The Labute approximate surface area is 109 Å². The maximum atomic E-state index is 8.84. The largest absolute Gasteiger partial charge is 0.488 e. The van der Waals surface area contributed by atoms with Crippen molar-refractivity contribution in [1.82, 2.24) is 4.90 Å². The van der Waals surface area contributed by atoms with E-state index in [2.05, 4.69) is 49.9 Å². The van der Waals surface area contributed by atoms with Gasteiger partial charge in [-0.3, -0.25) is 4.90 Å². The van der Waals surface area contributed by atoms with Crippen LogP contribution in [0.3, 0.4) is 0 Å². The molecule has 0 bridgehead atoms. The summed E-state index contributed by atoms with van der Waals surface area (Å²) in [6, 6.07) is 8.92. The number of fused-ring (bicyclic) bond motifs is 1. The number of benzene rings is 1. The van der Waals surface area contributed by atoms with Gasteiger partial charge in [-0.25, -0.2) is 0 Å². The molecule has 1 unspecified atom stereocenters. The molecule has 1 heterocycles. The molecule has 18 heavy (non-hydrogen) atoms. The number of nitrogens with zero attached hydrogens (tertiary/aromatic N) is 2. The van der Waals surface area contributed by atoms with Crippen LogP contribution >= 0.6 is 0 Å². The lowest BCUT2D eigenvalue weighted by atomic mass is 10.1. The average Bonchev–Trinajstić information content (AvgIpc) is 2.69. The first kappa shape index (κ1) is 12.9. The van der Waals surface area contributed by atoms with Crippen LogP contribution in [0.25, 0.3) is 0 Å². The number of hydrogen-bond donors (Lipinski definition) is 0. The van der Waals surface area contributed by atoms with Crippen LogP contribution in [-0.2, 0) is 6.42 Å². The van der Waals surface area contributed by atoms with E-state index in [0.29, 0.717) is 12.6 Å². The molecular weight excluding hydrogens is 224 g/mol. The van der Waals surface area contributed by atoms with Crippen LogP contribution in [0.1, 0.15) is 25.0 Å². The molecule has 0 saturated carbocycles. The Morgan fingerprint density at radius 3 is 2.94 bits per heavy atom. The van der Waals surface area contributed by atoms with Crippen LogP contribution in [0.5, 0.6) is 5.75 Å². The third kappa shape index (κ3) is 2.83. The van der Waals surface area contributed by atoms with Gasteiger partial charge in [-0.15, -0.1) is 0 Å². The van der Waals surface area contributed by atoms with Crippen molar-refractivity contribution in [3.05, 3.63) is 29.3 Å². The van der Waals surface area contributed by atoms with Gasteiger partial charge in [-0.1, -0.05) is 17.7 Å². The van der Waals surface area contributed by atoms with Crippen LogP contribution in [0.4, 0.5) is 0 Å². The maximum Gasteiger partial charge on any atom is 0.123 e. The highest BCUT2D eigenvalue weighted by Crippen LogP contribution is 2.29. The van der Waals surface area contributed by atoms with Gasteiger partial charge >= 0.3 is 0 Å². The Balaban J connectivity index is 2.00. The number of ether oxygens (including phenoxy) is 1. The molecule has 0 amide bonds. The number of nitriles is 1. The van der Waals surface area contributed by atoms with E-state index in [1.54, 1.807) is 0 Å². The van der Waals surface area contributed by atoms with Crippen molar-refractivity contribution in [2.75, 3.05) is 13.1 Å². The molecule has 1 atom stereocenters. The SMILES string of the molecule is Cc1ccc2c(c1)CC(CN(CC#N)C(C)C)O2. The van der Waals surface area contributed by atoms with Crippen LogP contribution in [0.2, 0.25) is 0 Å². The fourth-order valence-electron chi connectivity index (χ4n) is 2.36. The number of rotatable bonds is 4. The summed E-state index contributed by atoms with van der Waals surface area (Å²) in [7, 11) is 0. The van der Waals surface area contributed by atoms with Gasteiger partial charge in [0.1, 0.15) is 11.9 Å². The number of hydrogen-bond acceptors (Lipinski definition) is 3. The average molecular weight is 244 g/mol. The molecule has 3 heteroatoms. The molecule has 1 aromatic rings. The van der Waals surface area contributed by atoms with E-state index >= 15 is 0 Å². The zero-order valence-corrected chi connectivity index (χ0v) is 11.3. The van der Waals surface area contributed by atoms with Gasteiger partial charge in [0.2, 0.25) is 0 Å². The minimum absolute atomic E-state index is 0.178. The molecular formula is C15H20N2O. The molecule has 0 spiro atoms. The van der Waals surface area contributed by atoms with E-state index in [-0.39, 0.29) is 6.10 Å². The molecule has 1 aliphatic heterocycles. The van der Waals surface area contributed by atoms with E-state index in [1.807, 2.05) is 0 Å². The standard InChI is InChI=1S/C15H20N2O/c1-11(2)17(7-6-16)10-14-9-13-8-12(3)4-5-15(13)18-14/h4-5,8,11,14H,7,9-10H2,1-3H3. The smallest absolute Gasteiger partial charge is 0.123 e. The Bertz CT molecular complexity index is 462. The summed E-state index contributed by atoms with van der Waals surface area (Å²) in [5.74, 6) is 1.01. The van der Waals surface area contributed by atoms with Gasteiger partial charge in [0.05, 0.1) is 12.6 Å². The predicted molar refractivity (Wildman–Crippen MR) is 71.6 cm³/mol. The van der Waals surface area contributed by atoms with Gasteiger partial charge in [0.15, 0.2) is 0 Å². The molecule has 0 N–H and O–H groups in total. The van der Waals surface area contributed by atoms with Crippen LogP contribution < -0.4 is 4.74 Å². The van der Waals surface area contributed by atoms with Crippen molar-refractivity contribution in [3.8, 4) is 11.8 Å². The molecule has 0 radical (unpaired) electrons. The lowest BCUT2D eigenvalue weighted by Gasteiger charge is -2.26. The molecule has 3 nitrogen and oxygen atoms in total. The normalized spacial score (nSPS) is 17.7. The Kier molecular flexibility index (Phi) is 3.88. The lowest BCUT2D eigenvalue weighted by molar-refractivity contribution is 0.139. The molecule has 0 aromatic heterocycles. The highest BCUT2D eigenvalue weighted by molar-refractivity contribution is 5.40. The second-order valence-electron chi connectivity index (χ2n) is 5.24. The first-order valence-corrected chi connectivity index (χ1v) is 6.47. The summed E-state index contributed by atoms with van der Waals surface area (Å²) in [5, 5.41) is 8.84. The van der Waals surface area contributed by atoms with Crippen LogP contribution in [0, 0.1) is 18.3 Å².